The van der Waals surface area contributed by atoms with Gasteiger partial charge in [-0.3, -0.25) is 0 Å². The molecule has 0 spiro atoms. The Balaban J connectivity index is 1.69. The number of hydrogen-bond donors (Lipinski definition) is 1. The van der Waals surface area contributed by atoms with E-state index in [1.807, 2.05) is 0 Å². The fourth-order valence-corrected chi connectivity index (χ4v) is 2.78. The molecule has 1 atom stereocenters. The Labute approximate surface area is 87.3 Å². The van der Waals surface area contributed by atoms with Crippen LogP contribution in [0.25, 0.3) is 0 Å². The van der Waals surface area contributed by atoms with Gasteiger partial charge in [-0.2, -0.15) is 0 Å². The Morgan fingerprint density at radius 3 is 2.50 bits per heavy atom. The molecule has 2 heteroatoms. The van der Waals surface area contributed by atoms with Crippen molar-refractivity contribution in [3.05, 3.63) is 0 Å². The zero-order valence-electron chi connectivity index (χ0n) is 9.12. The zero-order valence-corrected chi connectivity index (χ0v) is 9.12. The third-order valence-electron chi connectivity index (χ3n) is 3.88. The molecule has 0 aromatic heterocycles. The van der Waals surface area contributed by atoms with Crippen LogP contribution < -0.4 is 0 Å². The van der Waals surface area contributed by atoms with E-state index in [0.717, 1.165) is 18.3 Å². The lowest BCUT2D eigenvalue weighted by Crippen LogP contribution is -2.40. The summed E-state index contributed by atoms with van der Waals surface area (Å²) in [5.41, 5.74) is 0. The first-order valence-electron chi connectivity index (χ1n) is 6.21. The first-order valence-corrected chi connectivity index (χ1v) is 6.21. The van der Waals surface area contributed by atoms with Crippen LogP contribution >= 0.6 is 0 Å². The molecular weight excluding hydrogens is 174 g/mol. The van der Waals surface area contributed by atoms with Crippen LogP contribution in [0.3, 0.4) is 0 Å². The van der Waals surface area contributed by atoms with Gasteiger partial charge in [0, 0.05) is 19.7 Å². The largest absolute Gasteiger partial charge is 0.396 e. The van der Waals surface area contributed by atoms with Gasteiger partial charge < -0.3 is 10.0 Å². The maximum absolute atomic E-state index is 8.93. The standard InChI is InChI=1S/C12H23NO/c14-8-6-12-5-2-7-13(10-12)9-11-3-1-4-11/h11-12,14H,1-10H2. The highest BCUT2D eigenvalue weighted by Gasteiger charge is 2.24. The summed E-state index contributed by atoms with van der Waals surface area (Å²) < 4.78 is 0. The molecule has 14 heavy (non-hydrogen) atoms. The van der Waals surface area contributed by atoms with E-state index in [1.165, 1.54) is 51.7 Å². The summed E-state index contributed by atoms with van der Waals surface area (Å²) in [6.45, 7) is 4.26. The number of piperidine rings is 1. The van der Waals surface area contributed by atoms with Gasteiger partial charge in [-0.05, 0) is 50.5 Å². The number of nitrogens with zero attached hydrogens (tertiary/aromatic N) is 1. The summed E-state index contributed by atoms with van der Waals surface area (Å²) in [4.78, 5) is 2.63. The van der Waals surface area contributed by atoms with Crippen LogP contribution in [0.1, 0.15) is 38.5 Å². The second-order valence-electron chi connectivity index (χ2n) is 5.08. The summed E-state index contributed by atoms with van der Waals surface area (Å²) in [6.07, 6.45) is 8.07. The van der Waals surface area contributed by atoms with Gasteiger partial charge in [0.2, 0.25) is 0 Å². The molecule has 2 rings (SSSR count). The van der Waals surface area contributed by atoms with Crippen molar-refractivity contribution in [2.75, 3.05) is 26.2 Å². The molecule has 1 N–H and O–H groups in total. The second kappa shape index (κ2) is 5.13. The molecule has 1 saturated heterocycles. The van der Waals surface area contributed by atoms with Gasteiger partial charge in [-0.25, -0.2) is 0 Å². The van der Waals surface area contributed by atoms with E-state index in [0.29, 0.717) is 6.61 Å². The Bertz CT molecular complexity index is 166. The van der Waals surface area contributed by atoms with Crippen LogP contribution in [-0.2, 0) is 0 Å². The summed E-state index contributed by atoms with van der Waals surface area (Å²) in [5.74, 6) is 1.77. The summed E-state index contributed by atoms with van der Waals surface area (Å²) in [6, 6.07) is 0. The average molecular weight is 197 g/mol. The highest BCUT2D eigenvalue weighted by atomic mass is 16.3. The number of rotatable bonds is 4. The lowest BCUT2D eigenvalue weighted by Gasteiger charge is -2.37. The van der Waals surface area contributed by atoms with Crippen molar-refractivity contribution in [2.24, 2.45) is 11.8 Å². The minimum absolute atomic E-state index is 0.377. The molecule has 2 aliphatic rings. The van der Waals surface area contributed by atoms with Crippen LogP contribution in [0.2, 0.25) is 0 Å². The predicted molar refractivity (Wildman–Crippen MR) is 58.2 cm³/mol. The Kier molecular flexibility index (Phi) is 3.82. The Morgan fingerprint density at radius 1 is 1.07 bits per heavy atom. The minimum Gasteiger partial charge on any atom is -0.396 e. The lowest BCUT2D eigenvalue weighted by molar-refractivity contribution is 0.111. The van der Waals surface area contributed by atoms with Gasteiger partial charge in [-0.15, -0.1) is 0 Å². The van der Waals surface area contributed by atoms with E-state index in [9.17, 15) is 0 Å². The van der Waals surface area contributed by atoms with E-state index in [-0.39, 0.29) is 0 Å². The van der Waals surface area contributed by atoms with Crippen LogP contribution in [0, 0.1) is 11.8 Å². The number of aliphatic hydroxyl groups is 1. The van der Waals surface area contributed by atoms with Gasteiger partial charge in [0.25, 0.3) is 0 Å². The fraction of sp³-hybridized carbons (Fsp3) is 1.00. The van der Waals surface area contributed by atoms with Crippen LogP contribution in [0.5, 0.6) is 0 Å². The van der Waals surface area contributed by atoms with Crippen molar-refractivity contribution < 1.29 is 5.11 Å². The maximum atomic E-state index is 8.93. The monoisotopic (exact) mass is 197 g/mol. The molecular formula is C12H23NO. The topological polar surface area (TPSA) is 23.5 Å². The second-order valence-corrected chi connectivity index (χ2v) is 5.08. The van der Waals surface area contributed by atoms with E-state index in [2.05, 4.69) is 4.90 Å². The molecule has 2 nitrogen and oxygen atoms in total. The van der Waals surface area contributed by atoms with Crippen molar-refractivity contribution in [3.8, 4) is 0 Å². The van der Waals surface area contributed by atoms with Gasteiger partial charge in [0.15, 0.2) is 0 Å². The average Bonchev–Trinajstić information content (AvgIpc) is 2.13. The SMILES string of the molecule is OCCC1CCCN(CC2CCC2)C1. The fourth-order valence-electron chi connectivity index (χ4n) is 2.78. The molecule has 0 amide bonds. The van der Waals surface area contributed by atoms with E-state index in [1.54, 1.807) is 0 Å². The first kappa shape index (κ1) is 10.4. The maximum Gasteiger partial charge on any atom is 0.0434 e. The molecule has 1 saturated carbocycles. The molecule has 2 fully saturated rings. The molecule has 1 unspecified atom stereocenters. The first-order chi connectivity index (χ1) is 6.88. The van der Waals surface area contributed by atoms with Gasteiger partial charge in [-0.1, -0.05) is 6.42 Å². The molecule has 82 valence electrons. The molecule has 1 aliphatic heterocycles. The zero-order chi connectivity index (χ0) is 9.80. The minimum atomic E-state index is 0.377. The molecule has 1 aliphatic carbocycles. The third kappa shape index (κ3) is 2.71. The molecule has 0 aromatic carbocycles. The van der Waals surface area contributed by atoms with Crippen LogP contribution in [-0.4, -0.2) is 36.2 Å². The number of aliphatic hydroxyl groups excluding tert-OH is 1. The highest BCUT2D eigenvalue weighted by molar-refractivity contribution is 4.78. The highest BCUT2D eigenvalue weighted by Crippen LogP contribution is 2.29. The number of hydrogen-bond acceptors (Lipinski definition) is 2. The Hall–Kier alpha value is -0.0800. The van der Waals surface area contributed by atoms with Crippen molar-refractivity contribution in [2.45, 2.75) is 38.5 Å². The quantitative estimate of drug-likeness (QED) is 0.744. The van der Waals surface area contributed by atoms with E-state index < -0.39 is 0 Å². The summed E-state index contributed by atoms with van der Waals surface area (Å²) in [5, 5.41) is 8.93. The van der Waals surface area contributed by atoms with Gasteiger partial charge in [0.1, 0.15) is 0 Å². The molecule has 0 bridgehead atoms. The van der Waals surface area contributed by atoms with Crippen molar-refractivity contribution >= 4 is 0 Å². The summed E-state index contributed by atoms with van der Waals surface area (Å²) >= 11 is 0. The summed E-state index contributed by atoms with van der Waals surface area (Å²) in [7, 11) is 0. The van der Waals surface area contributed by atoms with Crippen molar-refractivity contribution in [1.82, 2.24) is 4.90 Å². The van der Waals surface area contributed by atoms with Crippen LogP contribution in [0.15, 0.2) is 0 Å². The molecule has 1 heterocycles. The lowest BCUT2D eigenvalue weighted by atomic mass is 9.84. The predicted octanol–water partition coefficient (Wildman–Crippen LogP) is 1.88. The van der Waals surface area contributed by atoms with Crippen molar-refractivity contribution in [3.63, 3.8) is 0 Å². The van der Waals surface area contributed by atoms with Crippen molar-refractivity contribution in [1.29, 1.82) is 0 Å². The van der Waals surface area contributed by atoms with Gasteiger partial charge >= 0.3 is 0 Å². The third-order valence-corrected chi connectivity index (χ3v) is 3.88. The van der Waals surface area contributed by atoms with E-state index >= 15 is 0 Å². The molecule has 0 aromatic rings. The number of likely N-dealkylation sites (tertiary alicyclic amines) is 1. The van der Waals surface area contributed by atoms with E-state index in [4.69, 9.17) is 5.11 Å². The Morgan fingerprint density at radius 2 is 1.86 bits per heavy atom. The van der Waals surface area contributed by atoms with Crippen LogP contribution in [0.4, 0.5) is 0 Å². The van der Waals surface area contributed by atoms with Gasteiger partial charge in [0.05, 0.1) is 0 Å². The normalized spacial score (nSPS) is 30.2. The molecule has 0 radical (unpaired) electrons. The smallest absolute Gasteiger partial charge is 0.0434 e.